The summed E-state index contributed by atoms with van der Waals surface area (Å²) in [6.45, 7) is 0. The minimum absolute atomic E-state index is 0.247. The van der Waals surface area contributed by atoms with Gasteiger partial charge < -0.3 is 4.98 Å². The van der Waals surface area contributed by atoms with E-state index in [-0.39, 0.29) is 11.3 Å². The van der Waals surface area contributed by atoms with E-state index in [0.717, 1.165) is 5.39 Å². The minimum atomic E-state index is -0.294. The van der Waals surface area contributed by atoms with Crippen molar-refractivity contribution in [1.29, 1.82) is 0 Å². The van der Waals surface area contributed by atoms with Crippen molar-refractivity contribution in [1.82, 2.24) is 9.97 Å². The van der Waals surface area contributed by atoms with Gasteiger partial charge in [-0.25, -0.2) is 0 Å². The second kappa shape index (κ2) is 4.49. The first-order chi connectivity index (χ1) is 9.25. The molecule has 0 unspecified atom stereocenters. The third-order valence-electron chi connectivity index (χ3n) is 2.89. The zero-order valence-electron chi connectivity index (χ0n) is 9.96. The summed E-state index contributed by atoms with van der Waals surface area (Å²) in [5.74, 6) is -0.247. The van der Waals surface area contributed by atoms with E-state index >= 15 is 0 Å². The van der Waals surface area contributed by atoms with E-state index < -0.39 is 0 Å². The predicted octanol–water partition coefficient (Wildman–Crippen LogP) is 2.15. The molecule has 0 aliphatic rings. The van der Waals surface area contributed by atoms with Crippen molar-refractivity contribution in [2.45, 2.75) is 0 Å². The fraction of sp³-hybridized carbons (Fsp3) is 0. The zero-order chi connectivity index (χ0) is 13.2. The first-order valence-corrected chi connectivity index (χ1v) is 5.83. The molecule has 0 saturated carbocycles. The van der Waals surface area contributed by atoms with Crippen molar-refractivity contribution >= 4 is 16.7 Å². The Balaban J connectivity index is 2.26. The molecule has 0 saturated heterocycles. The second-order valence-electron chi connectivity index (χ2n) is 4.14. The van der Waals surface area contributed by atoms with Crippen molar-refractivity contribution in [2.75, 3.05) is 0 Å². The molecule has 0 aliphatic heterocycles. The zero-order valence-corrected chi connectivity index (χ0v) is 9.96. The number of aromatic nitrogens is 2. The van der Waals surface area contributed by atoms with Crippen LogP contribution in [0.15, 0.2) is 59.5 Å². The number of nitrogens with zero attached hydrogens (tertiary/aromatic N) is 1. The highest BCUT2D eigenvalue weighted by atomic mass is 16.1. The van der Waals surface area contributed by atoms with Crippen molar-refractivity contribution in [3.8, 4) is 0 Å². The first kappa shape index (κ1) is 11.3. The van der Waals surface area contributed by atoms with Crippen LogP contribution < -0.4 is 5.56 Å². The van der Waals surface area contributed by atoms with E-state index in [1.54, 1.807) is 36.5 Å². The number of fused-ring (bicyclic) bond motifs is 1. The number of carbonyl (C=O) groups excluding carboxylic acids is 1. The maximum absolute atomic E-state index is 12.4. The third-order valence-corrected chi connectivity index (χ3v) is 2.89. The average Bonchev–Trinajstić information content (AvgIpc) is 2.46. The van der Waals surface area contributed by atoms with E-state index in [0.29, 0.717) is 16.8 Å². The molecule has 4 nitrogen and oxygen atoms in total. The number of pyridine rings is 2. The number of aromatic amines is 1. The van der Waals surface area contributed by atoms with Crippen LogP contribution in [0.5, 0.6) is 0 Å². The fourth-order valence-electron chi connectivity index (χ4n) is 2.03. The van der Waals surface area contributed by atoms with Crippen molar-refractivity contribution in [3.63, 3.8) is 0 Å². The molecule has 2 aromatic heterocycles. The van der Waals surface area contributed by atoms with Crippen LogP contribution in [0, 0.1) is 0 Å². The van der Waals surface area contributed by atoms with Gasteiger partial charge in [0.1, 0.15) is 5.69 Å². The van der Waals surface area contributed by atoms with E-state index in [4.69, 9.17) is 0 Å². The molecule has 0 spiro atoms. The molecule has 0 atom stereocenters. The Hall–Kier alpha value is -2.75. The molecule has 1 aromatic carbocycles. The number of H-pyrrole nitrogens is 1. The molecule has 0 amide bonds. The molecule has 0 aliphatic carbocycles. The largest absolute Gasteiger partial charge is 0.322 e. The molecule has 92 valence electrons. The number of hydrogen-bond acceptors (Lipinski definition) is 3. The molecule has 19 heavy (non-hydrogen) atoms. The number of para-hydroxylation sites is 1. The van der Waals surface area contributed by atoms with Crippen LogP contribution in [-0.4, -0.2) is 15.8 Å². The summed E-state index contributed by atoms with van der Waals surface area (Å²) in [6, 6.07) is 13.7. The summed E-state index contributed by atoms with van der Waals surface area (Å²) in [4.78, 5) is 30.7. The molecule has 0 bridgehead atoms. The molecule has 1 N–H and O–H groups in total. The molecular formula is C15H10N2O2. The Morgan fingerprint density at radius 3 is 2.63 bits per heavy atom. The number of hydrogen-bond donors (Lipinski definition) is 1. The van der Waals surface area contributed by atoms with Crippen molar-refractivity contribution < 1.29 is 4.79 Å². The molecule has 0 fully saturated rings. The molecule has 3 rings (SSSR count). The number of rotatable bonds is 2. The summed E-state index contributed by atoms with van der Waals surface area (Å²) in [5.41, 5.74) is 1.06. The van der Waals surface area contributed by atoms with Gasteiger partial charge in [-0.3, -0.25) is 14.6 Å². The maximum Gasteiger partial charge on any atom is 0.249 e. The van der Waals surface area contributed by atoms with Gasteiger partial charge in [0.2, 0.25) is 11.3 Å². The number of benzene rings is 1. The van der Waals surface area contributed by atoms with Crippen LogP contribution in [0.4, 0.5) is 0 Å². The monoisotopic (exact) mass is 250 g/mol. The summed E-state index contributed by atoms with van der Waals surface area (Å²) in [6.07, 6.45) is 1.56. The Bertz CT molecular complexity index is 807. The van der Waals surface area contributed by atoms with Crippen molar-refractivity contribution in [2.24, 2.45) is 0 Å². The van der Waals surface area contributed by atoms with Crippen LogP contribution in [0.25, 0.3) is 10.9 Å². The maximum atomic E-state index is 12.4. The van der Waals surface area contributed by atoms with Crippen molar-refractivity contribution in [3.05, 3.63) is 76.3 Å². The van der Waals surface area contributed by atoms with Crippen LogP contribution in [0.3, 0.4) is 0 Å². The lowest BCUT2D eigenvalue weighted by molar-refractivity contribution is 0.103. The van der Waals surface area contributed by atoms with Gasteiger partial charge in [-0.15, -0.1) is 0 Å². The lowest BCUT2D eigenvalue weighted by Gasteiger charge is -2.04. The number of ketones is 1. The van der Waals surface area contributed by atoms with Gasteiger partial charge in [0.05, 0.1) is 0 Å². The molecule has 2 heterocycles. The van der Waals surface area contributed by atoms with Gasteiger partial charge in [-0.2, -0.15) is 0 Å². The van der Waals surface area contributed by atoms with Gasteiger partial charge in [0.25, 0.3) is 0 Å². The van der Waals surface area contributed by atoms with Crippen LogP contribution in [0.2, 0.25) is 0 Å². The van der Waals surface area contributed by atoms with Gasteiger partial charge in [0, 0.05) is 28.7 Å². The van der Waals surface area contributed by atoms with Gasteiger partial charge in [-0.05, 0) is 18.2 Å². The normalized spacial score (nSPS) is 10.5. The topological polar surface area (TPSA) is 62.8 Å². The standard InChI is InChI=1S/C15H10N2O2/c18-14-9-11(10-5-1-2-6-12(10)17-14)15(19)13-7-3-4-8-16-13/h1-9H,(H,17,18). The van der Waals surface area contributed by atoms with E-state index in [1.807, 2.05) is 12.1 Å². The SMILES string of the molecule is O=C(c1ccccn1)c1cc(=O)[nH]c2ccccc12. The molecule has 4 heteroatoms. The summed E-state index contributed by atoms with van der Waals surface area (Å²) in [7, 11) is 0. The lowest BCUT2D eigenvalue weighted by Crippen LogP contribution is -2.12. The quantitative estimate of drug-likeness (QED) is 0.709. The van der Waals surface area contributed by atoms with Gasteiger partial charge >= 0.3 is 0 Å². The highest BCUT2D eigenvalue weighted by Gasteiger charge is 2.14. The molecular weight excluding hydrogens is 240 g/mol. The minimum Gasteiger partial charge on any atom is -0.322 e. The Labute approximate surface area is 108 Å². The Kier molecular flexibility index (Phi) is 2.68. The fourth-order valence-corrected chi connectivity index (χ4v) is 2.03. The highest BCUT2D eigenvalue weighted by molar-refractivity contribution is 6.14. The van der Waals surface area contributed by atoms with Crippen LogP contribution in [0.1, 0.15) is 16.1 Å². The Morgan fingerprint density at radius 1 is 1.05 bits per heavy atom. The Morgan fingerprint density at radius 2 is 1.84 bits per heavy atom. The van der Waals surface area contributed by atoms with Gasteiger partial charge in [-0.1, -0.05) is 24.3 Å². The van der Waals surface area contributed by atoms with Crippen LogP contribution in [-0.2, 0) is 0 Å². The molecule has 3 aromatic rings. The van der Waals surface area contributed by atoms with E-state index in [2.05, 4.69) is 9.97 Å². The predicted molar refractivity (Wildman–Crippen MR) is 72.2 cm³/mol. The third kappa shape index (κ3) is 2.04. The van der Waals surface area contributed by atoms with Gasteiger partial charge in [0.15, 0.2) is 0 Å². The summed E-state index contributed by atoms with van der Waals surface area (Å²) in [5, 5.41) is 0.720. The smallest absolute Gasteiger partial charge is 0.249 e. The highest BCUT2D eigenvalue weighted by Crippen LogP contribution is 2.17. The van der Waals surface area contributed by atoms with Crippen LogP contribution >= 0.6 is 0 Å². The van der Waals surface area contributed by atoms with E-state index in [9.17, 15) is 9.59 Å². The number of carbonyl (C=O) groups is 1. The molecule has 0 radical (unpaired) electrons. The summed E-state index contributed by atoms with van der Waals surface area (Å²) >= 11 is 0. The summed E-state index contributed by atoms with van der Waals surface area (Å²) < 4.78 is 0. The average molecular weight is 250 g/mol. The second-order valence-corrected chi connectivity index (χ2v) is 4.14. The first-order valence-electron chi connectivity index (χ1n) is 5.83. The van der Waals surface area contributed by atoms with E-state index in [1.165, 1.54) is 6.07 Å². The number of nitrogens with one attached hydrogen (secondary N) is 1. The lowest BCUT2D eigenvalue weighted by atomic mass is 10.0.